The Morgan fingerprint density at radius 1 is 0.947 bits per heavy atom. The molecule has 0 aliphatic rings. The van der Waals surface area contributed by atoms with Gasteiger partial charge in [-0.3, -0.25) is 13.9 Å². The Morgan fingerprint density at radius 3 is 2.08 bits per heavy atom. The summed E-state index contributed by atoms with van der Waals surface area (Å²) in [7, 11) is -4.25. The highest BCUT2D eigenvalue weighted by Crippen LogP contribution is 2.25. The number of benzene rings is 3. The van der Waals surface area contributed by atoms with Crippen molar-refractivity contribution in [2.45, 2.75) is 50.7 Å². The van der Waals surface area contributed by atoms with Crippen LogP contribution in [0.5, 0.6) is 0 Å². The first-order valence-corrected chi connectivity index (χ1v) is 13.8. The van der Waals surface area contributed by atoms with E-state index < -0.39 is 39.9 Å². The van der Waals surface area contributed by atoms with Gasteiger partial charge in [-0.05, 0) is 81.8 Å². The van der Waals surface area contributed by atoms with Crippen molar-refractivity contribution in [3.05, 3.63) is 95.3 Å². The molecule has 0 unspecified atom stereocenters. The van der Waals surface area contributed by atoms with E-state index in [0.29, 0.717) is 10.6 Å². The Hall–Kier alpha value is -3.43. The fourth-order valence-corrected chi connectivity index (χ4v) is 5.24. The third kappa shape index (κ3) is 7.55. The number of para-hydroxylation sites is 1. The van der Waals surface area contributed by atoms with Crippen LogP contribution >= 0.6 is 11.6 Å². The van der Waals surface area contributed by atoms with E-state index >= 15 is 0 Å². The van der Waals surface area contributed by atoms with Crippen LogP contribution in [-0.4, -0.2) is 43.3 Å². The molecule has 7 nitrogen and oxygen atoms in total. The number of halogens is 2. The third-order valence-electron chi connectivity index (χ3n) is 5.66. The van der Waals surface area contributed by atoms with Gasteiger partial charge in [0.05, 0.1) is 10.6 Å². The van der Waals surface area contributed by atoms with Crippen molar-refractivity contribution in [3.63, 3.8) is 0 Å². The average molecular weight is 560 g/mol. The summed E-state index contributed by atoms with van der Waals surface area (Å²) in [5.41, 5.74) is 0.428. The van der Waals surface area contributed by atoms with Gasteiger partial charge in [-0.15, -0.1) is 0 Å². The molecule has 3 aromatic carbocycles. The summed E-state index contributed by atoms with van der Waals surface area (Å²) >= 11 is 6.01. The van der Waals surface area contributed by atoms with E-state index in [1.165, 1.54) is 4.90 Å². The molecule has 3 rings (SSSR count). The number of hydrogen-bond donors (Lipinski definition) is 1. The average Bonchev–Trinajstić information content (AvgIpc) is 2.86. The maximum Gasteiger partial charge on any atom is 0.264 e. The Morgan fingerprint density at radius 2 is 1.53 bits per heavy atom. The lowest BCUT2D eigenvalue weighted by atomic mass is 10.1. The van der Waals surface area contributed by atoms with E-state index in [4.69, 9.17) is 11.6 Å². The van der Waals surface area contributed by atoms with Crippen LogP contribution in [0.3, 0.4) is 0 Å². The lowest BCUT2D eigenvalue weighted by Crippen LogP contribution is -2.54. The molecule has 0 heterocycles. The van der Waals surface area contributed by atoms with Crippen molar-refractivity contribution in [1.29, 1.82) is 0 Å². The number of carbonyl (C=O) groups is 2. The van der Waals surface area contributed by atoms with Crippen molar-refractivity contribution in [2.75, 3.05) is 10.8 Å². The van der Waals surface area contributed by atoms with Gasteiger partial charge in [0.1, 0.15) is 18.4 Å². The number of carbonyl (C=O) groups excluding carboxylic acids is 2. The van der Waals surface area contributed by atoms with Crippen molar-refractivity contribution in [2.24, 2.45) is 0 Å². The minimum atomic E-state index is -4.25. The summed E-state index contributed by atoms with van der Waals surface area (Å²) in [5.74, 6) is -1.56. The Balaban J connectivity index is 2.00. The van der Waals surface area contributed by atoms with E-state index in [2.05, 4.69) is 5.32 Å². The molecular weight excluding hydrogens is 529 g/mol. The summed E-state index contributed by atoms with van der Waals surface area (Å²) in [6.07, 6.45) is 0. The van der Waals surface area contributed by atoms with Gasteiger partial charge >= 0.3 is 0 Å². The zero-order valence-electron chi connectivity index (χ0n) is 21.7. The predicted molar refractivity (Wildman–Crippen MR) is 147 cm³/mol. The highest BCUT2D eigenvalue weighted by Gasteiger charge is 2.33. The molecule has 0 radical (unpaired) electrons. The molecule has 0 saturated carbocycles. The standard InChI is InChI=1S/C28H31ClFN3O4S/c1-20(27(35)31-28(2,3)4)32(18-21-10-12-22(29)13-11-21)26(34)19-33(24-8-6-5-7-9-24)38(36,37)25-16-14-23(30)15-17-25/h5-17,20H,18-19H2,1-4H3,(H,31,35)/t20-/m1/s1. The Bertz CT molecular complexity index is 1360. The smallest absolute Gasteiger partial charge is 0.264 e. The summed E-state index contributed by atoms with van der Waals surface area (Å²) in [4.78, 5) is 28.0. The van der Waals surface area contributed by atoms with Crippen LogP contribution < -0.4 is 9.62 Å². The molecule has 10 heteroatoms. The summed E-state index contributed by atoms with van der Waals surface area (Å²) in [6, 6.07) is 18.4. The second-order valence-electron chi connectivity index (χ2n) is 9.86. The lowest BCUT2D eigenvalue weighted by molar-refractivity contribution is -0.140. The van der Waals surface area contributed by atoms with E-state index in [9.17, 15) is 22.4 Å². The molecule has 38 heavy (non-hydrogen) atoms. The topological polar surface area (TPSA) is 86.8 Å². The highest BCUT2D eigenvalue weighted by molar-refractivity contribution is 7.92. The first kappa shape index (κ1) is 29.1. The SMILES string of the molecule is C[C@H](C(=O)NC(C)(C)C)N(Cc1ccc(Cl)cc1)C(=O)CN(c1ccccc1)S(=O)(=O)c1ccc(F)cc1. The van der Waals surface area contributed by atoms with E-state index in [1.54, 1.807) is 61.5 Å². The molecule has 3 aromatic rings. The zero-order valence-corrected chi connectivity index (χ0v) is 23.3. The third-order valence-corrected chi connectivity index (χ3v) is 7.70. The number of rotatable bonds is 9. The van der Waals surface area contributed by atoms with Crippen molar-refractivity contribution in [1.82, 2.24) is 10.2 Å². The van der Waals surface area contributed by atoms with Gasteiger partial charge in [0, 0.05) is 17.1 Å². The monoisotopic (exact) mass is 559 g/mol. The molecule has 0 bridgehead atoms. The number of amides is 2. The molecule has 0 aliphatic carbocycles. The zero-order chi connectivity index (χ0) is 28.1. The first-order valence-electron chi connectivity index (χ1n) is 12.0. The molecule has 0 aromatic heterocycles. The number of nitrogens with one attached hydrogen (secondary N) is 1. The summed E-state index contributed by atoms with van der Waals surface area (Å²) in [5, 5.41) is 3.39. The molecule has 0 fully saturated rings. The Kier molecular flexibility index (Phi) is 9.17. The molecule has 0 saturated heterocycles. The Labute approximate surface area is 228 Å². The molecular formula is C28H31ClFN3O4S. The van der Waals surface area contributed by atoms with Crippen LogP contribution in [0.2, 0.25) is 5.02 Å². The van der Waals surface area contributed by atoms with Crippen LogP contribution in [0.4, 0.5) is 10.1 Å². The summed E-state index contributed by atoms with van der Waals surface area (Å²) in [6.45, 7) is 6.55. The molecule has 0 spiro atoms. The van der Waals surface area contributed by atoms with Crippen molar-refractivity contribution < 1.29 is 22.4 Å². The fourth-order valence-electron chi connectivity index (χ4n) is 3.70. The van der Waals surface area contributed by atoms with Crippen LogP contribution in [0.1, 0.15) is 33.3 Å². The van der Waals surface area contributed by atoms with Crippen LogP contribution in [0.25, 0.3) is 0 Å². The molecule has 1 N–H and O–H groups in total. The second kappa shape index (κ2) is 12.0. The van der Waals surface area contributed by atoms with Crippen molar-refractivity contribution in [3.8, 4) is 0 Å². The van der Waals surface area contributed by atoms with Gasteiger partial charge in [-0.1, -0.05) is 41.9 Å². The summed E-state index contributed by atoms with van der Waals surface area (Å²) < 4.78 is 41.7. The van der Waals surface area contributed by atoms with E-state index in [0.717, 1.165) is 28.6 Å². The molecule has 1 atom stereocenters. The van der Waals surface area contributed by atoms with Gasteiger partial charge in [-0.2, -0.15) is 0 Å². The van der Waals surface area contributed by atoms with E-state index in [1.807, 2.05) is 20.8 Å². The van der Waals surface area contributed by atoms with Gasteiger partial charge < -0.3 is 10.2 Å². The van der Waals surface area contributed by atoms with Crippen LogP contribution in [-0.2, 0) is 26.2 Å². The quantitative estimate of drug-likeness (QED) is 0.399. The molecule has 202 valence electrons. The minimum absolute atomic E-state index is 0.0496. The molecule has 0 aliphatic heterocycles. The van der Waals surface area contributed by atoms with Gasteiger partial charge in [-0.25, -0.2) is 12.8 Å². The van der Waals surface area contributed by atoms with Crippen LogP contribution in [0, 0.1) is 5.82 Å². The van der Waals surface area contributed by atoms with E-state index in [-0.39, 0.29) is 23.0 Å². The maximum atomic E-state index is 13.8. The minimum Gasteiger partial charge on any atom is -0.350 e. The maximum absolute atomic E-state index is 13.8. The molecule has 2 amide bonds. The van der Waals surface area contributed by atoms with Gasteiger partial charge in [0.15, 0.2) is 0 Å². The largest absolute Gasteiger partial charge is 0.350 e. The van der Waals surface area contributed by atoms with Gasteiger partial charge in [0.25, 0.3) is 10.0 Å². The number of sulfonamides is 1. The highest BCUT2D eigenvalue weighted by atomic mass is 35.5. The number of anilines is 1. The van der Waals surface area contributed by atoms with Crippen LogP contribution in [0.15, 0.2) is 83.8 Å². The fraction of sp³-hybridized carbons (Fsp3) is 0.286. The van der Waals surface area contributed by atoms with Crippen molar-refractivity contribution >= 4 is 39.1 Å². The predicted octanol–water partition coefficient (Wildman–Crippen LogP) is 5.01. The lowest BCUT2D eigenvalue weighted by Gasteiger charge is -2.33. The van der Waals surface area contributed by atoms with Gasteiger partial charge in [0.2, 0.25) is 11.8 Å². The number of hydrogen-bond acceptors (Lipinski definition) is 4. The normalized spacial score (nSPS) is 12.5. The number of nitrogens with zero attached hydrogens (tertiary/aromatic N) is 2. The first-order chi connectivity index (χ1) is 17.8. The second-order valence-corrected chi connectivity index (χ2v) is 12.2.